The van der Waals surface area contributed by atoms with E-state index in [0.717, 1.165) is 52.8 Å². The SMILES string of the molecule is CCOc1ccc2oc(-c3ccc(C)cc3)cc(=NC[C@H]3CCCO3)c2c1. The van der Waals surface area contributed by atoms with E-state index in [9.17, 15) is 0 Å². The highest BCUT2D eigenvalue weighted by Crippen LogP contribution is 2.25. The number of benzene rings is 2. The Bertz CT molecular complexity index is 983. The van der Waals surface area contributed by atoms with Crippen LogP contribution in [0.5, 0.6) is 5.75 Å². The molecule has 0 spiro atoms. The Morgan fingerprint density at radius 3 is 2.70 bits per heavy atom. The molecular weight excluding hydrogens is 338 g/mol. The van der Waals surface area contributed by atoms with Gasteiger partial charge in [-0.1, -0.05) is 29.8 Å². The molecule has 1 atom stereocenters. The third-order valence-corrected chi connectivity index (χ3v) is 4.85. The maximum absolute atomic E-state index is 6.19. The van der Waals surface area contributed by atoms with Crippen LogP contribution < -0.4 is 10.1 Å². The van der Waals surface area contributed by atoms with Crippen LogP contribution in [0, 0.1) is 6.92 Å². The molecule has 0 N–H and O–H groups in total. The molecule has 0 radical (unpaired) electrons. The summed E-state index contributed by atoms with van der Waals surface area (Å²) in [6.45, 7) is 6.21. The standard InChI is InChI=1S/C23H25NO3/c1-3-25-18-10-11-22-20(13-18)21(24-15-19-5-4-12-26-19)14-23(27-22)17-8-6-16(2)7-9-17/h6-11,13-14,19H,3-5,12,15H2,1-2H3/t19-/m1/s1. The molecule has 2 aromatic carbocycles. The summed E-state index contributed by atoms with van der Waals surface area (Å²) >= 11 is 0. The highest BCUT2D eigenvalue weighted by Gasteiger charge is 2.15. The van der Waals surface area contributed by atoms with Crippen molar-refractivity contribution in [2.75, 3.05) is 19.8 Å². The molecule has 3 aromatic rings. The zero-order chi connectivity index (χ0) is 18.6. The van der Waals surface area contributed by atoms with Crippen LogP contribution in [0.25, 0.3) is 22.3 Å². The van der Waals surface area contributed by atoms with Crippen LogP contribution in [-0.2, 0) is 4.74 Å². The van der Waals surface area contributed by atoms with E-state index in [1.54, 1.807) is 0 Å². The fourth-order valence-corrected chi connectivity index (χ4v) is 3.38. The lowest BCUT2D eigenvalue weighted by Crippen LogP contribution is -2.13. The average molecular weight is 363 g/mol. The zero-order valence-corrected chi connectivity index (χ0v) is 15.9. The van der Waals surface area contributed by atoms with Crippen molar-refractivity contribution in [2.45, 2.75) is 32.8 Å². The maximum atomic E-state index is 6.19. The Kier molecular flexibility index (Phi) is 5.26. The average Bonchev–Trinajstić information content (AvgIpc) is 3.20. The molecule has 1 aliphatic rings. The predicted octanol–water partition coefficient (Wildman–Crippen LogP) is 4.89. The Morgan fingerprint density at radius 2 is 1.96 bits per heavy atom. The second kappa shape index (κ2) is 7.97. The molecule has 1 saturated heterocycles. The van der Waals surface area contributed by atoms with Crippen molar-refractivity contribution in [2.24, 2.45) is 4.99 Å². The van der Waals surface area contributed by atoms with Gasteiger partial charge in [-0.2, -0.15) is 0 Å². The number of hydrogen-bond acceptors (Lipinski definition) is 4. The van der Waals surface area contributed by atoms with Crippen LogP contribution >= 0.6 is 0 Å². The third-order valence-electron chi connectivity index (χ3n) is 4.85. The number of fused-ring (bicyclic) bond motifs is 1. The van der Waals surface area contributed by atoms with E-state index in [1.165, 1.54) is 5.56 Å². The number of hydrogen-bond donors (Lipinski definition) is 0. The van der Waals surface area contributed by atoms with E-state index in [2.05, 4.69) is 31.2 Å². The van der Waals surface area contributed by atoms with Gasteiger partial charge in [0.1, 0.15) is 17.1 Å². The van der Waals surface area contributed by atoms with Gasteiger partial charge in [0.2, 0.25) is 0 Å². The van der Waals surface area contributed by atoms with Gasteiger partial charge in [-0.25, -0.2) is 0 Å². The summed E-state index contributed by atoms with van der Waals surface area (Å²) < 4.78 is 17.6. The smallest absolute Gasteiger partial charge is 0.137 e. The zero-order valence-electron chi connectivity index (χ0n) is 15.9. The minimum Gasteiger partial charge on any atom is -0.494 e. The van der Waals surface area contributed by atoms with Crippen molar-refractivity contribution in [3.05, 3.63) is 59.5 Å². The molecule has 0 bridgehead atoms. The van der Waals surface area contributed by atoms with Gasteiger partial charge in [0.15, 0.2) is 0 Å². The lowest BCUT2D eigenvalue weighted by molar-refractivity contribution is 0.117. The Morgan fingerprint density at radius 1 is 1.11 bits per heavy atom. The van der Waals surface area contributed by atoms with Crippen LogP contribution in [0.1, 0.15) is 25.3 Å². The molecule has 0 aliphatic carbocycles. The van der Waals surface area contributed by atoms with Crippen molar-refractivity contribution in [3.8, 4) is 17.1 Å². The summed E-state index contributed by atoms with van der Waals surface area (Å²) in [7, 11) is 0. The highest BCUT2D eigenvalue weighted by molar-refractivity contribution is 5.80. The van der Waals surface area contributed by atoms with Gasteiger partial charge in [-0.15, -0.1) is 0 Å². The van der Waals surface area contributed by atoms with Crippen molar-refractivity contribution < 1.29 is 13.9 Å². The molecule has 4 nitrogen and oxygen atoms in total. The van der Waals surface area contributed by atoms with E-state index < -0.39 is 0 Å². The predicted molar refractivity (Wildman–Crippen MR) is 107 cm³/mol. The molecule has 0 unspecified atom stereocenters. The second-order valence-electron chi connectivity index (χ2n) is 6.93. The van der Waals surface area contributed by atoms with Gasteiger partial charge < -0.3 is 13.9 Å². The first kappa shape index (κ1) is 17.8. The largest absolute Gasteiger partial charge is 0.494 e. The molecule has 4 heteroatoms. The van der Waals surface area contributed by atoms with Crippen molar-refractivity contribution in [3.63, 3.8) is 0 Å². The minimum absolute atomic E-state index is 0.218. The van der Waals surface area contributed by atoms with Gasteiger partial charge >= 0.3 is 0 Å². The molecule has 140 valence electrons. The van der Waals surface area contributed by atoms with Gasteiger partial charge in [-0.3, -0.25) is 4.99 Å². The monoisotopic (exact) mass is 363 g/mol. The fraction of sp³-hybridized carbons (Fsp3) is 0.348. The number of rotatable bonds is 5. The molecule has 2 heterocycles. The first-order valence-electron chi connectivity index (χ1n) is 9.63. The lowest BCUT2D eigenvalue weighted by Gasteiger charge is -2.09. The Hall–Kier alpha value is -2.59. The summed E-state index contributed by atoms with van der Waals surface area (Å²) in [6, 6.07) is 16.3. The van der Waals surface area contributed by atoms with E-state index in [1.807, 2.05) is 31.2 Å². The summed E-state index contributed by atoms with van der Waals surface area (Å²) in [5, 5.41) is 1.89. The van der Waals surface area contributed by atoms with Crippen LogP contribution in [-0.4, -0.2) is 25.9 Å². The van der Waals surface area contributed by atoms with Crippen molar-refractivity contribution in [1.29, 1.82) is 0 Å². The summed E-state index contributed by atoms with van der Waals surface area (Å²) in [4.78, 5) is 4.88. The molecule has 27 heavy (non-hydrogen) atoms. The molecule has 1 fully saturated rings. The van der Waals surface area contributed by atoms with Gasteiger partial charge in [0.25, 0.3) is 0 Å². The normalized spacial score (nSPS) is 17.6. The molecule has 1 aromatic heterocycles. The van der Waals surface area contributed by atoms with E-state index in [-0.39, 0.29) is 6.10 Å². The first-order chi connectivity index (χ1) is 13.2. The fourth-order valence-electron chi connectivity index (χ4n) is 3.38. The topological polar surface area (TPSA) is 44.0 Å². The third kappa shape index (κ3) is 4.06. The van der Waals surface area contributed by atoms with E-state index in [0.29, 0.717) is 13.2 Å². The lowest BCUT2D eigenvalue weighted by atomic mass is 10.1. The van der Waals surface area contributed by atoms with Gasteiger partial charge in [0, 0.05) is 23.6 Å². The molecule has 1 aliphatic heterocycles. The molecular formula is C23H25NO3. The number of ether oxygens (including phenoxy) is 2. The summed E-state index contributed by atoms with van der Waals surface area (Å²) in [5.74, 6) is 1.65. The van der Waals surface area contributed by atoms with Crippen LogP contribution in [0.15, 0.2) is 57.9 Å². The minimum atomic E-state index is 0.218. The molecule has 0 saturated carbocycles. The van der Waals surface area contributed by atoms with Gasteiger partial charge in [0.05, 0.1) is 24.6 Å². The summed E-state index contributed by atoms with van der Waals surface area (Å²) in [6.07, 6.45) is 2.41. The molecule has 0 amide bonds. The second-order valence-corrected chi connectivity index (χ2v) is 6.93. The Labute approximate surface area is 159 Å². The van der Waals surface area contributed by atoms with Crippen LogP contribution in [0.4, 0.5) is 0 Å². The first-order valence-corrected chi connectivity index (χ1v) is 9.63. The van der Waals surface area contributed by atoms with E-state index >= 15 is 0 Å². The van der Waals surface area contributed by atoms with Crippen LogP contribution in [0.3, 0.4) is 0 Å². The van der Waals surface area contributed by atoms with Crippen LogP contribution in [0.2, 0.25) is 0 Å². The van der Waals surface area contributed by atoms with Crippen molar-refractivity contribution >= 4 is 11.0 Å². The van der Waals surface area contributed by atoms with Gasteiger partial charge in [-0.05, 0) is 44.9 Å². The maximum Gasteiger partial charge on any atom is 0.137 e. The number of aryl methyl sites for hydroxylation is 1. The quantitative estimate of drug-likeness (QED) is 0.648. The van der Waals surface area contributed by atoms with E-state index in [4.69, 9.17) is 18.9 Å². The number of nitrogens with zero attached hydrogens (tertiary/aromatic N) is 1. The summed E-state index contributed by atoms with van der Waals surface area (Å²) in [5.41, 5.74) is 3.08. The van der Waals surface area contributed by atoms with Crippen molar-refractivity contribution in [1.82, 2.24) is 0 Å². The Balaban J connectivity index is 1.82. The molecule has 4 rings (SSSR count). The highest BCUT2D eigenvalue weighted by atomic mass is 16.5.